The summed E-state index contributed by atoms with van der Waals surface area (Å²) in [7, 11) is 5.15. The van der Waals surface area contributed by atoms with Gasteiger partial charge in [0, 0.05) is 51.5 Å². The Labute approximate surface area is 183 Å². The predicted octanol–water partition coefficient (Wildman–Crippen LogP) is 2.73. The van der Waals surface area contributed by atoms with Crippen molar-refractivity contribution < 1.29 is 9.47 Å². The number of hydrogen-bond donors (Lipinski definition) is 2. The zero-order valence-corrected chi connectivity index (χ0v) is 18.6. The average Bonchev–Trinajstić information content (AvgIpc) is 3.20. The standard InChI is InChI=1S/C22H30ClN5O2/c1-24-22(25-8-6-16-4-5-21(23)26-13-16)27-18-7-9-28(15-18)14-17-10-19(29-2)12-20(11-17)30-3/h4-5,10-13,18H,6-9,14-15H2,1-3H3,(H2,24,25,27). The van der Waals surface area contributed by atoms with E-state index in [0.29, 0.717) is 11.2 Å². The van der Waals surface area contributed by atoms with Crippen LogP contribution in [0.15, 0.2) is 41.5 Å². The summed E-state index contributed by atoms with van der Waals surface area (Å²) in [6.07, 6.45) is 3.74. The first-order chi connectivity index (χ1) is 14.6. The molecule has 0 amide bonds. The van der Waals surface area contributed by atoms with Gasteiger partial charge in [-0.3, -0.25) is 9.89 Å². The molecule has 1 saturated heterocycles. The van der Waals surface area contributed by atoms with Crippen molar-refractivity contribution in [1.82, 2.24) is 20.5 Å². The molecule has 0 aliphatic carbocycles. The van der Waals surface area contributed by atoms with E-state index in [0.717, 1.165) is 62.0 Å². The highest BCUT2D eigenvalue weighted by Crippen LogP contribution is 2.24. The molecule has 8 heteroatoms. The van der Waals surface area contributed by atoms with E-state index in [1.807, 2.05) is 24.4 Å². The molecule has 1 aliphatic heterocycles. The van der Waals surface area contributed by atoms with Gasteiger partial charge in [0.25, 0.3) is 0 Å². The van der Waals surface area contributed by atoms with Crippen LogP contribution in [0.4, 0.5) is 0 Å². The fraction of sp³-hybridized carbons (Fsp3) is 0.455. The summed E-state index contributed by atoms with van der Waals surface area (Å²) < 4.78 is 10.8. The lowest BCUT2D eigenvalue weighted by atomic mass is 10.2. The Balaban J connectivity index is 1.45. The predicted molar refractivity (Wildman–Crippen MR) is 121 cm³/mol. The zero-order valence-electron chi connectivity index (χ0n) is 17.8. The minimum absolute atomic E-state index is 0.362. The van der Waals surface area contributed by atoms with Crippen molar-refractivity contribution in [2.45, 2.75) is 25.4 Å². The fourth-order valence-electron chi connectivity index (χ4n) is 3.58. The molecule has 1 aliphatic rings. The molecule has 3 rings (SSSR count). The second kappa shape index (κ2) is 11.0. The lowest BCUT2D eigenvalue weighted by Gasteiger charge is -2.19. The number of nitrogens with zero attached hydrogens (tertiary/aromatic N) is 3. The molecule has 2 heterocycles. The van der Waals surface area contributed by atoms with Gasteiger partial charge in [0.05, 0.1) is 14.2 Å². The third-order valence-electron chi connectivity index (χ3n) is 5.15. The van der Waals surface area contributed by atoms with Crippen molar-refractivity contribution >= 4 is 17.6 Å². The number of methoxy groups -OCH3 is 2. The van der Waals surface area contributed by atoms with E-state index in [4.69, 9.17) is 21.1 Å². The van der Waals surface area contributed by atoms with E-state index >= 15 is 0 Å². The monoisotopic (exact) mass is 431 g/mol. The van der Waals surface area contributed by atoms with Crippen molar-refractivity contribution in [2.75, 3.05) is 40.9 Å². The SMILES string of the molecule is CN=C(NCCc1ccc(Cl)nc1)NC1CCN(Cc2cc(OC)cc(OC)c2)C1. The quantitative estimate of drug-likeness (QED) is 0.380. The molecule has 1 aromatic heterocycles. The fourth-order valence-corrected chi connectivity index (χ4v) is 3.69. The number of pyridine rings is 1. The lowest BCUT2D eigenvalue weighted by Crippen LogP contribution is -2.45. The Morgan fingerprint density at radius 2 is 1.97 bits per heavy atom. The Kier molecular flexibility index (Phi) is 8.16. The van der Waals surface area contributed by atoms with Crippen molar-refractivity contribution in [1.29, 1.82) is 0 Å². The van der Waals surface area contributed by atoms with Crippen LogP contribution in [0.3, 0.4) is 0 Å². The van der Waals surface area contributed by atoms with Gasteiger partial charge in [-0.15, -0.1) is 0 Å². The second-order valence-corrected chi connectivity index (χ2v) is 7.71. The molecule has 1 unspecified atom stereocenters. The number of hydrogen-bond acceptors (Lipinski definition) is 5. The number of benzene rings is 1. The van der Waals surface area contributed by atoms with E-state index < -0.39 is 0 Å². The van der Waals surface area contributed by atoms with Crippen molar-refractivity contribution in [2.24, 2.45) is 4.99 Å². The van der Waals surface area contributed by atoms with E-state index in [9.17, 15) is 0 Å². The van der Waals surface area contributed by atoms with Crippen molar-refractivity contribution in [3.05, 3.63) is 52.8 Å². The number of rotatable bonds is 8. The Hall–Kier alpha value is -2.51. The molecule has 2 N–H and O–H groups in total. The average molecular weight is 432 g/mol. The van der Waals surface area contributed by atoms with E-state index in [1.54, 1.807) is 21.3 Å². The minimum Gasteiger partial charge on any atom is -0.497 e. The number of aromatic nitrogens is 1. The summed E-state index contributed by atoms with van der Waals surface area (Å²) in [5.41, 5.74) is 2.33. The maximum absolute atomic E-state index is 5.83. The summed E-state index contributed by atoms with van der Waals surface area (Å²) in [5, 5.41) is 7.43. The van der Waals surface area contributed by atoms with Gasteiger partial charge in [-0.05, 0) is 42.2 Å². The Morgan fingerprint density at radius 3 is 2.60 bits per heavy atom. The van der Waals surface area contributed by atoms with Crippen LogP contribution in [0.1, 0.15) is 17.5 Å². The number of likely N-dealkylation sites (tertiary alicyclic amines) is 1. The smallest absolute Gasteiger partial charge is 0.191 e. The van der Waals surface area contributed by atoms with Gasteiger partial charge in [0.2, 0.25) is 0 Å². The van der Waals surface area contributed by atoms with Crippen molar-refractivity contribution in [3.8, 4) is 11.5 Å². The first-order valence-corrected chi connectivity index (χ1v) is 10.5. The van der Waals surface area contributed by atoms with Crippen LogP contribution >= 0.6 is 11.6 Å². The first-order valence-electron chi connectivity index (χ1n) is 10.1. The van der Waals surface area contributed by atoms with Gasteiger partial charge < -0.3 is 20.1 Å². The molecular formula is C22H30ClN5O2. The van der Waals surface area contributed by atoms with Gasteiger partial charge in [-0.2, -0.15) is 0 Å². The molecule has 0 bridgehead atoms. The number of guanidine groups is 1. The molecule has 0 saturated carbocycles. The molecule has 30 heavy (non-hydrogen) atoms. The highest BCUT2D eigenvalue weighted by Gasteiger charge is 2.23. The molecule has 162 valence electrons. The molecule has 0 spiro atoms. The van der Waals surface area contributed by atoms with Crippen LogP contribution < -0.4 is 20.1 Å². The Morgan fingerprint density at radius 1 is 1.20 bits per heavy atom. The van der Waals surface area contributed by atoms with E-state index in [1.165, 1.54) is 5.56 Å². The van der Waals surface area contributed by atoms with Crippen LogP contribution in [0.2, 0.25) is 5.15 Å². The third-order valence-corrected chi connectivity index (χ3v) is 5.37. The topological polar surface area (TPSA) is 71.0 Å². The second-order valence-electron chi connectivity index (χ2n) is 7.32. The molecule has 1 aromatic carbocycles. The van der Waals surface area contributed by atoms with E-state index in [-0.39, 0.29) is 0 Å². The van der Waals surface area contributed by atoms with Crippen LogP contribution in [-0.2, 0) is 13.0 Å². The van der Waals surface area contributed by atoms with Crippen molar-refractivity contribution in [3.63, 3.8) is 0 Å². The first kappa shape index (κ1) is 22.2. The van der Waals surface area contributed by atoms with E-state index in [2.05, 4.69) is 37.6 Å². The largest absolute Gasteiger partial charge is 0.497 e. The summed E-state index contributed by atoms with van der Waals surface area (Å²) in [5.74, 6) is 2.46. The molecule has 2 aromatic rings. The lowest BCUT2D eigenvalue weighted by molar-refractivity contribution is 0.321. The van der Waals surface area contributed by atoms with Crippen LogP contribution in [-0.4, -0.2) is 62.8 Å². The Bertz CT molecular complexity index is 822. The summed E-state index contributed by atoms with van der Waals surface area (Å²) >= 11 is 5.83. The molecule has 1 fully saturated rings. The normalized spacial score (nSPS) is 17.1. The molecular weight excluding hydrogens is 402 g/mol. The van der Waals surface area contributed by atoms with Crippen LogP contribution in [0.25, 0.3) is 0 Å². The van der Waals surface area contributed by atoms with Gasteiger partial charge >= 0.3 is 0 Å². The van der Waals surface area contributed by atoms with Gasteiger partial charge in [-0.1, -0.05) is 17.7 Å². The summed E-state index contributed by atoms with van der Waals surface area (Å²) in [6.45, 7) is 3.64. The van der Waals surface area contributed by atoms with Gasteiger partial charge in [-0.25, -0.2) is 4.98 Å². The van der Waals surface area contributed by atoms with Crippen LogP contribution in [0.5, 0.6) is 11.5 Å². The third kappa shape index (κ3) is 6.50. The van der Waals surface area contributed by atoms with Crippen LogP contribution in [0, 0.1) is 0 Å². The number of halogens is 1. The summed E-state index contributed by atoms with van der Waals surface area (Å²) in [6, 6.07) is 10.2. The maximum atomic E-state index is 5.83. The molecule has 0 radical (unpaired) electrons. The van der Waals surface area contributed by atoms with Gasteiger partial charge in [0.1, 0.15) is 16.7 Å². The summed E-state index contributed by atoms with van der Waals surface area (Å²) in [4.78, 5) is 10.9. The maximum Gasteiger partial charge on any atom is 0.191 e. The molecule has 7 nitrogen and oxygen atoms in total. The highest BCUT2D eigenvalue weighted by molar-refractivity contribution is 6.29. The van der Waals surface area contributed by atoms with Gasteiger partial charge in [0.15, 0.2) is 5.96 Å². The number of nitrogens with one attached hydrogen (secondary N) is 2. The number of ether oxygens (including phenoxy) is 2. The number of aliphatic imine (C=N–C) groups is 1. The highest BCUT2D eigenvalue weighted by atomic mass is 35.5. The minimum atomic E-state index is 0.362. The molecule has 1 atom stereocenters. The zero-order chi connectivity index (χ0) is 21.3.